The second-order valence-electron chi connectivity index (χ2n) is 7.29. The monoisotopic (exact) mass is 416 g/mol. The van der Waals surface area contributed by atoms with Crippen molar-refractivity contribution in [2.45, 2.75) is 74.9 Å². The van der Waals surface area contributed by atoms with E-state index in [0.29, 0.717) is 0 Å². The largest absolute Gasteiger partial charge is 0.394 e. The highest BCUT2D eigenvalue weighted by Crippen LogP contribution is 2.30. The Labute approximate surface area is 167 Å². The van der Waals surface area contributed by atoms with Gasteiger partial charge in [-0.05, 0) is 12.5 Å². The Morgan fingerprint density at radius 1 is 0.828 bits per heavy atom. The molecule has 0 aliphatic carbocycles. The molecule has 0 radical (unpaired) electrons. The second kappa shape index (κ2) is 9.75. The number of benzene rings is 1. The van der Waals surface area contributed by atoms with E-state index in [1.165, 1.54) is 0 Å². The Kier molecular flexibility index (Phi) is 7.57. The van der Waals surface area contributed by atoms with Crippen molar-refractivity contribution >= 4 is 0 Å². The van der Waals surface area contributed by atoms with Gasteiger partial charge in [0.1, 0.15) is 42.7 Å². The molecule has 2 saturated heterocycles. The molecule has 0 amide bonds. The van der Waals surface area contributed by atoms with Crippen LogP contribution in [-0.4, -0.2) is 98.7 Å². The summed E-state index contributed by atoms with van der Waals surface area (Å²) in [5, 5.41) is 60.0. The lowest BCUT2D eigenvalue weighted by atomic mass is 9.97. The van der Waals surface area contributed by atoms with Crippen molar-refractivity contribution in [1.82, 2.24) is 0 Å². The van der Waals surface area contributed by atoms with Gasteiger partial charge in [-0.1, -0.05) is 30.3 Å². The van der Waals surface area contributed by atoms with Crippen LogP contribution >= 0.6 is 0 Å². The number of aliphatic hydroxyl groups is 6. The van der Waals surface area contributed by atoms with Crippen molar-refractivity contribution in [3.63, 3.8) is 0 Å². The van der Waals surface area contributed by atoms with E-state index in [4.69, 9.17) is 18.9 Å². The van der Waals surface area contributed by atoms with Crippen molar-refractivity contribution in [1.29, 1.82) is 0 Å². The average molecular weight is 416 g/mol. The molecule has 10 atom stereocenters. The third-order valence-electron chi connectivity index (χ3n) is 5.18. The highest BCUT2D eigenvalue weighted by molar-refractivity contribution is 5.13. The van der Waals surface area contributed by atoms with Gasteiger partial charge < -0.3 is 49.6 Å². The predicted molar refractivity (Wildman–Crippen MR) is 96.2 cm³/mol. The highest BCUT2D eigenvalue weighted by Gasteiger charge is 2.50. The summed E-state index contributed by atoms with van der Waals surface area (Å²) in [5.41, 5.74) is 0.843. The quantitative estimate of drug-likeness (QED) is 0.302. The van der Waals surface area contributed by atoms with E-state index in [2.05, 4.69) is 0 Å². The van der Waals surface area contributed by atoms with Gasteiger partial charge in [-0.3, -0.25) is 0 Å². The Bertz CT molecular complexity index is 629. The van der Waals surface area contributed by atoms with Crippen LogP contribution in [-0.2, 0) is 25.6 Å². The molecule has 10 nitrogen and oxygen atoms in total. The van der Waals surface area contributed by atoms with Gasteiger partial charge in [0.15, 0.2) is 12.6 Å². The fourth-order valence-electron chi connectivity index (χ4n) is 3.37. The van der Waals surface area contributed by atoms with Crippen LogP contribution < -0.4 is 0 Å². The first-order chi connectivity index (χ1) is 13.8. The van der Waals surface area contributed by atoms with Crippen molar-refractivity contribution in [3.8, 4) is 0 Å². The molecule has 0 aromatic heterocycles. The topological polar surface area (TPSA) is 158 Å². The molecule has 6 N–H and O–H groups in total. The molecule has 1 aromatic carbocycles. The zero-order chi connectivity index (χ0) is 21.1. The SMILES string of the molecule is C[C@@H]1O[C@H](OCc2ccccc2)[C@@H](O[C@@H]2O[C@@H](CO)[C@H](O)[C@H](O)[C@@H]2O)[C@H](O)[C@@H]1O. The highest BCUT2D eigenvalue weighted by atomic mass is 16.8. The minimum atomic E-state index is -1.66. The minimum Gasteiger partial charge on any atom is -0.394 e. The molecule has 164 valence electrons. The van der Waals surface area contributed by atoms with Gasteiger partial charge >= 0.3 is 0 Å². The molecule has 2 heterocycles. The number of aliphatic hydroxyl groups excluding tert-OH is 6. The van der Waals surface area contributed by atoms with Gasteiger partial charge in [-0.15, -0.1) is 0 Å². The summed E-state index contributed by atoms with van der Waals surface area (Å²) in [6.07, 6.45) is -13.4. The zero-order valence-electron chi connectivity index (χ0n) is 15.9. The van der Waals surface area contributed by atoms with Gasteiger partial charge in [-0.25, -0.2) is 0 Å². The van der Waals surface area contributed by atoms with Crippen LogP contribution in [0.4, 0.5) is 0 Å². The summed E-state index contributed by atoms with van der Waals surface area (Å²) < 4.78 is 22.3. The molecule has 2 fully saturated rings. The van der Waals surface area contributed by atoms with Gasteiger partial charge in [0.2, 0.25) is 0 Å². The van der Waals surface area contributed by atoms with Crippen LogP contribution in [0.1, 0.15) is 12.5 Å². The molecule has 2 aliphatic heterocycles. The van der Waals surface area contributed by atoms with Crippen molar-refractivity contribution in [2.75, 3.05) is 6.61 Å². The Morgan fingerprint density at radius 3 is 2.17 bits per heavy atom. The minimum absolute atomic E-state index is 0.135. The summed E-state index contributed by atoms with van der Waals surface area (Å²) in [6, 6.07) is 9.21. The lowest BCUT2D eigenvalue weighted by Gasteiger charge is -2.45. The summed E-state index contributed by atoms with van der Waals surface area (Å²) in [5.74, 6) is 0. The normalized spacial score (nSPS) is 43.3. The third-order valence-corrected chi connectivity index (χ3v) is 5.18. The lowest BCUT2D eigenvalue weighted by molar-refractivity contribution is -0.366. The van der Waals surface area contributed by atoms with E-state index in [1.807, 2.05) is 30.3 Å². The van der Waals surface area contributed by atoms with Crippen LogP contribution in [0.25, 0.3) is 0 Å². The number of rotatable bonds is 6. The molecular weight excluding hydrogens is 388 g/mol. The first-order valence-corrected chi connectivity index (χ1v) is 9.46. The molecule has 1 aromatic rings. The summed E-state index contributed by atoms with van der Waals surface area (Å²) in [7, 11) is 0. The first kappa shape index (κ1) is 22.5. The zero-order valence-corrected chi connectivity index (χ0v) is 15.9. The van der Waals surface area contributed by atoms with Crippen LogP contribution in [0.2, 0.25) is 0 Å². The van der Waals surface area contributed by atoms with Crippen molar-refractivity contribution in [3.05, 3.63) is 35.9 Å². The van der Waals surface area contributed by atoms with Gasteiger partial charge in [0, 0.05) is 0 Å². The third kappa shape index (κ3) is 4.94. The standard InChI is InChI=1S/C19H28O10/c1-9-12(21)15(24)17(19(27-9)26-8-10-5-3-2-4-6-10)29-18-16(25)14(23)13(22)11(7-20)28-18/h2-6,9,11-25H,7-8H2,1H3/t9-,11-,12+,13-,14-,15+,16-,17-,18-,19-/m0/s1. The number of hydrogen-bond acceptors (Lipinski definition) is 10. The van der Waals surface area contributed by atoms with Gasteiger partial charge in [0.25, 0.3) is 0 Å². The molecule has 0 spiro atoms. The van der Waals surface area contributed by atoms with Gasteiger partial charge in [-0.2, -0.15) is 0 Å². The predicted octanol–water partition coefficient (Wildman–Crippen LogP) is -2.15. The summed E-state index contributed by atoms with van der Waals surface area (Å²) >= 11 is 0. The van der Waals surface area contributed by atoms with E-state index in [0.717, 1.165) is 5.56 Å². The molecule has 29 heavy (non-hydrogen) atoms. The molecule has 2 aliphatic rings. The van der Waals surface area contributed by atoms with Crippen LogP contribution in [0.15, 0.2) is 30.3 Å². The second-order valence-corrected chi connectivity index (χ2v) is 7.29. The maximum absolute atomic E-state index is 10.5. The lowest BCUT2D eigenvalue weighted by Crippen LogP contribution is -2.64. The Balaban J connectivity index is 1.73. The average Bonchev–Trinajstić information content (AvgIpc) is 2.73. The molecule has 0 bridgehead atoms. The molecule has 10 heteroatoms. The Morgan fingerprint density at radius 2 is 1.52 bits per heavy atom. The summed E-state index contributed by atoms with van der Waals surface area (Å²) in [4.78, 5) is 0. The van der Waals surface area contributed by atoms with Gasteiger partial charge in [0.05, 0.1) is 19.3 Å². The number of ether oxygens (including phenoxy) is 4. The van der Waals surface area contributed by atoms with Crippen LogP contribution in [0.5, 0.6) is 0 Å². The van der Waals surface area contributed by atoms with E-state index in [1.54, 1.807) is 6.92 Å². The van der Waals surface area contributed by atoms with E-state index in [-0.39, 0.29) is 6.61 Å². The molecular formula is C19H28O10. The molecule has 3 rings (SSSR count). The van der Waals surface area contributed by atoms with Crippen molar-refractivity contribution in [2.24, 2.45) is 0 Å². The van der Waals surface area contributed by atoms with Crippen LogP contribution in [0.3, 0.4) is 0 Å². The van der Waals surface area contributed by atoms with Crippen LogP contribution in [0, 0.1) is 0 Å². The van der Waals surface area contributed by atoms with E-state index < -0.39 is 68.0 Å². The summed E-state index contributed by atoms with van der Waals surface area (Å²) in [6.45, 7) is 1.08. The molecule has 0 unspecified atom stereocenters. The first-order valence-electron chi connectivity index (χ1n) is 9.46. The van der Waals surface area contributed by atoms with E-state index in [9.17, 15) is 30.6 Å². The van der Waals surface area contributed by atoms with Crippen molar-refractivity contribution < 1.29 is 49.6 Å². The fourth-order valence-corrected chi connectivity index (χ4v) is 3.37. The smallest absolute Gasteiger partial charge is 0.187 e. The Hall–Kier alpha value is -1.18. The van der Waals surface area contributed by atoms with E-state index >= 15 is 0 Å². The molecule has 0 saturated carbocycles. The number of hydrogen-bond donors (Lipinski definition) is 6. The maximum Gasteiger partial charge on any atom is 0.187 e. The fraction of sp³-hybridized carbons (Fsp3) is 0.684. The maximum atomic E-state index is 10.5.